The number of piperidine rings is 1. The van der Waals surface area contributed by atoms with Gasteiger partial charge >= 0.3 is 0 Å². The first-order valence-corrected chi connectivity index (χ1v) is 3.78. The van der Waals surface area contributed by atoms with Crippen LogP contribution in [0.2, 0.25) is 0 Å². The molecule has 10 heavy (non-hydrogen) atoms. The number of nitrogens with zero attached hydrogens (tertiary/aromatic N) is 1. The molecule has 0 aromatic heterocycles. The van der Waals surface area contributed by atoms with Crippen LogP contribution in [-0.2, 0) is 20.4 Å². The van der Waals surface area contributed by atoms with E-state index >= 15 is 0 Å². The van der Waals surface area contributed by atoms with E-state index in [9.17, 15) is 0 Å². The molecule has 3 heteroatoms. The Balaban J connectivity index is 0.000000251. The van der Waals surface area contributed by atoms with Gasteiger partial charge in [-0.15, -0.1) is 13.1 Å². The van der Waals surface area contributed by atoms with Crippen LogP contribution in [0, 0.1) is 11.8 Å². The average molecular weight is 313 g/mol. The van der Waals surface area contributed by atoms with Crippen LogP contribution in [0.5, 0.6) is 0 Å². The number of hydrogen-bond acceptors (Lipinski definition) is 1. The fourth-order valence-electron chi connectivity index (χ4n) is 1.36. The van der Waals surface area contributed by atoms with Gasteiger partial charge in [-0.25, -0.2) is 0 Å². The van der Waals surface area contributed by atoms with Crippen LogP contribution in [0.15, 0.2) is 0 Å². The zero-order chi connectivity index (χ0) is 6.85. The molecule has 1 heterocycles. The predicted octanol–water partition coefficient (Wildman–Crippen LogP) is 0.971. The first-order chi connectivity index (χ1) is 4.39. The molecule has 2 fully saturated rings. The first-order valence-electron chi connectivity index (χ1n) is 3.78. The number of fused-ring (bicyclic) bond motifs is 1. The van der Waals surface area contributed by atoms with Crippen LogP contribution in [-0.4, -0.2) is 19.1 Å². The minimum Gasteiger partial charge on any atom is -0.662 e. The summed E-state index contributed by atoms with van der Waals surface area (Å²) in [6.07, 6.45) is 0. The Morgan fingerprint density at radius 3 is 1.80 bits per heavy atom. The maximum absolute atomic E-state index is 5.61. The van der Waals surface area contributed by atoms with Gasteiger partial charge in [-0.05, 0) is 11.8 Å². The Morgan fingerprint density at radius 1 is 1.20 bits per heavy atom. The molecule has 2 N–H and O–H groups in total. The molecule has 1 radical (unpaired) electrons. The van der Waals surface area contributed by atoms with Crippen molar-refractivity contribution >= 4 is 0 Å². The van der Waals surface area contributed by atoms with Gasteiger partial charge in [0.25, 0.3) is 0 Å². The van der Waals surface area contributed by atoms with E-state index in [2.05, 4.69) is 5.32 Å². The average Bonchev–Trinajstić information content (AvgIpc) is 2.36. The molecule has 1 saturated carbocycles. The van der Waals surface area contributed by atoms with Gasteiger partial charge in [-0.2, -0.15) is 0 Å². The fourth-order valence-corrected chi connectivity index (χ4v) is 1.36. The Hall–Kier alpha value is 0.582. The molecule has 0 aromatic rings. The largest absolute Gasteiger partial charge is 0.662 e. The van der Waals surface area contributed by atoms with Crippen LogP contribution < -0.4 is 5.73 Å². The number of nitrogens with two attached hydrogens (primary N) is 1. The van der Waals surface area contributed by atoms with Gasteiger partial charge in [0.2, 0.25) is 0 Å². The third-order valence-corrected chi connectivity index (χ3v) is 2.08. The second-order valence-corrected chi connectivity index (χ2v) is 2.49. The van der Waals surface area contributed by atoms with E-state index in [4.69, 9.17) is 5.73 Å². The molecule has 1 saturated heterocycles. The van der Waals surface area contributed by atoms with Crippen molar-refractivity contribution in [2.24, 2.45) is 17.6 Å². The first kappa shape index (κ1) is 10.6. The summed E-state index contributed by atoms with van der Waals surface area (Å²) < 4.78 is 0. The van der Waals surface area contributed by atoms with Gasteiger partial charge < -0.3 is 11.1 Å². The molecule has 2 rings (SSSR count). The summed E-state index contributed by atoms with van der Waals surface area (Å²) >= 11 is 0. The number of rotatable bonds is 0. The normalized spacial score (nSPS) is 40.5. The Morgan fingerprint density at radius 2 is 1.60 bits per heavy atom. The second-order valence-electron chi connectivity index (χ2n) is 2.49. The summed E-state index contributed by atoms with van der Waals surface area (Å²) in [5.41, 5.74) is 5.61. The summed E-state index contributed by atoms with van der Waals surface area (Å²) in [6, 6.07) is 0.525. The Kier molecular flexibility index (Phi) is 4.72. The second kappa shape index (κ2) is 4.46. The monoisotopic (exact) mass is 314 g/mol. The topological polar surface area (TPSA) is 40.1 Å². The van der Waals surface area contributed by atoms with Crippen molar-refractivity contribution < 1.29 is 20.4 Å². The Bertz CT molecular complexity index is 87.6. The summed E-state index contributed by atoms with van der Waals surface area (Å²) in [7, 11) is 0. The van der Waals surface area contributed by atoms with Gasteiger partial charge in [0.05, 0.1) is 0 Å². The van der Waals surface area contributed by atoms with E-state index in [0.717, 1.165) is 24.9 Å². The van der Waals surface area contributed by atoms with Crippen LogP contribution in [0.25, 0.3) is 5.32 Å². The zero-order valence-electron chi connectivity index (χ0n) is 6.55. The van der Waals surface area contributed by atoms with Gasteiger partial charge in [0.15, 0.2) is 0 Å². The molecule has 1 aliphatic carbocycles. The molecule has 0 aromatic carbocycles. The molecule has 0 bridgehead atoms. The maximum atomic E-state index is 5.61. The van der Waals surface area contributed by atoms with Crippen LogP contribution in [0.4, 0.5) is 0 Å². The molecular formula is C7H15N2Re-. The van der Waals surface area contributed by atoms with E-state index in [1.807, 2.05) is 13.8 Å². The molecule has 2 atom stereocenters. The molecule has 0 amide bonds. The van der Waals surface area contributed by atoms with Crippen LogP contribution in [0.1, 0.15) is 13.8 Å². The van der Waals surface area contributed by atoms with Crippen LogP contribution >= 0.6 is 0 Å². The summed E-state index contributed by atoms with van der Waals surface area (Å²) in [4.78, 5) is 0. The smallest absolute Gasteiger partial charge is 0.00679 e. The van der Waals surface area contributed by atoms with Crippen molar-refractivity contribution in [2.75, 3.05) is 13.1 Å². The van der Waals surface area contributed by atoms with Crippen molar-refractivity contribution in [3.05, 3.63) is 5.32 Å². The van der Waals surface area contributed by atoms with Crippen molar-refractivity contribution in [1.29, 1.82) is 0 Å². The quantitative estimate of drug-likeness (QED) is 0.711. The zero-order valence-corrected chi connectivity index (χ0v) is 9.26. The van der Waals surface area contributed by atoms with Gasteiger partial charge in [-0.1, -0.05) is 13.8 Å². The molecule has 2 unspecified atom stereocenters. The van der Waals surface area contributed by atoms with Gasteiger partial charge in [-0.3, -0.25) is 0 Å². The summed E-state index contributed by atoms with van der Waals surface area (Å²) in [5.74, 6) is 1.58. The van der Waals surface area contributed by atoms with Gasteiger partial charge in [0.1, 0.15) is 0 Å². The minimum absolute atomic E-state index is 0. The SMILES string of the molecule is CC.NC1C2C[N-]CC12.[Re]. The van der Waals surface area contributed by atoms with Crippen molar-refractivity contribution in [2.45, 2.75) is 19.9 Å². The predicted molar refractivity (Wildman–Crippen MR) is 39.4 cm³/mol. The molecule has 1 aliphatic heterocycles. The standard InChI is InChI=1S/C5H9N2.C2H6.Re/c6-5-3-1-7-2-4(3)5;1-2;/h3-5H,1-2,6H2;1-2H3;/q-1;;. The summed E-state index contributed by atoms with van der Waals surface area (Å²) in [5, 5.41) is 4.18. The molecule has 2 aliphatic rings. The maximum Gasteiger partial charge on any atom is 0.00679 e. The minimum atomic E-state index is 0. The van der Waals surface area contributed by atoms with E-state index in [1.54, 1.807) is 0 Å². The van der Waals surface area contributed by atoms with E-state index in [0.29, 0.717) is 6.04 Å². The Labute approximate surface area is 76.6 Å². The van der Waals surface area contributed by atoms with Crippen molar-refractivity contribution in [3.8, 4) is 0 Å². The molecular weight excluding hydrogens is 298 g/mol. The van der Waals surface area contributed by atoms with Crippen LogP contribution in [0.3, 0.4) is 0 Å². The third-order valence-electron chi connectivity index (χ3n) is 2.08. The van der Waals surface area contributed by atoms with Crippen molar-refractivity contribution in [3.63, 3.8) is 0 Å². The molecule has 61 valence electrons. The molecule has 0 spiro atoms. The van der Waals surface area contributed by atoms with E-state index in [-0.39, 0.29) is 20.4 Å². The van der Waals surface area contributed by atoms with E-state index < -0.39 is 0 Å². The fraction of sp³-hybridized carbons (Fsp3) is 1.00. The molecule has 2 nitrogen and oxygen atoms in total. The number of hydrogen-bond donors (Lipinski definition) is 1. The van der Waals surface area contributed by atoms with E-state index in [1.165, 1.54) is 0 Å². The van der Waals surface area contributed by atoms with Gasteiger partial charge in [0, 0.05) is 26.5 Å². The third kappa shape index (κ3) is 1.79. The summed E-state index contributed by atoms with van der Waals surface area (Å²) in [6.45, 7) is 6.09. The van der Waals surface area contributed by atoms with Crippen molar-refractivity contribution in [1.82, 2.24) is 0 Å².